The second-order valence-electron chi connectivity index (χ2n) is 7.75. The first-order chi connectivity index (χ1) is 13.2. The molecule has 2 saturated heterocycles. The molecular weight excluding hydrogens is 338 g/mol. The highest BCUT2D eigenvalue weighted by molar-refractivity contribution is 5.81. The van der Waals surface area contributed by atoms with Crippen LogP contribution < -0.4 is 0 Å². The molecule has 0 saturated carbocycles. The van der Waals surface area contributed by atoms with Crippen LogP contribution in [0.15, 0.2) is 36.8 Å². The molecule has 0 N–H and O–H groups in total. The second kappa shape index (κ2) is 8.21. The maximum absolute atomic E-state index is 12.8. The Labute approximate surface area is 161 Å². The Bertz CT molecular complexity index is 745. The zero-order chi connectivity index (χ0) is 18.6. The third-order valence-corrected chi connectivity index (χ3v) is 6.02. The molecule has 2 aliphatic heterocycles. The van der Waals surface area contributed by atoms with Crippen molar-refractivity contribution in [2.45, 2.75) is 51.1 Å². The number of hydrogen-bond acceptors (Lipinski definition) is 4. The average Bonchev–Trinajstić information content (AvgIpc) is 3.40. The number of amides is 1. The minimum absolute atomic E-state index is 0.0233. The van der Waals surface area contributed by atoms with E-state index < -0.39 is 0 Å². The van der Waals surface area contributed by atoms with Crippen molar-refractivity contribution in [1.82, 2.24) is 24.3 Å². The fraction of sp³-hybridized carbons (Fsp3) is 0.571. The molecule has 2 aromatic rings. The molecule has 2 aromatic heterocycles. The number of carbonyl (C=O) groups excluding carboxylic acids is 1. The summed E-state index contributed by atoms with van der Waals surface area (Å²) < 4.78 is 2.21. The predicted molar refractivity (Wildman–Crippen MR) is 104 cm³/mol. The van der Waals surface area contributed by atoms with Gasteiger partial charge in [0.05, 0.1) is 18.3 Å². The lowest BCUT2D eigenvalue weighted by atomic mass is 9.95. The SMILES string of the molecule is C[C@@H](C(=O)N1CCC(c2nccn2Cc2ccccn2)CC1)N1CCCC1. The number of aromatic nitrogens is 3. The first-order valence-corrected chi connectivity index (χ1v) is 10.2. The van der Waals surface area contributed by atoms with Crippen LogP contribution in [0.4, 0.5) is 0 Å². The van der Waals surface area contributed by atoms with Crippen molar-refractivity contribution in [3.05, 3.63) is 48.3 Å². The molecule has 0 radical (unpaired) electrons. The predicted octanol–water partition coefficient (Wildman–Crippen LogP) is 2.52. The Hall–Kier alpha value is -2.21. The van der Waals surface area contributed by atoms with Crippen LogP contribution in [0, 0.1) is 0 Å². The van der Waals surface area contributed by atoms with Gasteiger partial charge in [-0.15, -0.1) is 0 Å². The molecule has 2 fully saturated rings. The number of imidazole rings is 1. The van der Waals surface area contributed by atoms with Crippen LogP contribution >= 0.6 is 0 Å². The van der Waals surface area contributed by atoms with Crippen LogP contribution in [0.3, 0.4) is 0 Å². The molecule has 6 heteroatoms. The number of pyridine rings is 1. The van der Waals surface area contributed by atoms with Gasteiger partial charge in [0.15, 0.2) is 0 Å². The van der Waals surface area contributed by atoms with Gasteiger partial charge in [0.25, 0.3) is 0 Å². The maximum Gasteiger partial charge on any atom is 0.239 e. The molecule has 0 spiro atoms. The number of piperidine rings is 1. The Morgan fingerprint density at radius 1 is 1.11 bits per heavy atom. The van der Waals surface area contributed by atoms with Crippen molar-refractivity contribution in [2.24, 2.45) is 0 Å². The van der Waals surface area contributed by atoms with Gasteiger partial charge < -0.3 is 9.47 Å². The first-order valence-electron chi connectivity index (χ1n) is 10.2. The third-order valence-electron chi connectivity index (χ3n) is 6.02. The van der Waals surface area contributed by atoms with E-state index in [0.717, 1.165) is 57.1 Å². The minimum Gasteiger partial charge on any atom is -0.341 e. The van der Waals surface area contributed by atoms with Crippen LogP contribution in [0.25, 0.3) is 0 Å². The van der Waals surface area contributed by atoms with Gasteiger partial charge in [-0.3, -0.25) is 14.7 Å². The van der Waals surface area contributed by atoms with Gasteiger partial charge in [-0.2, -0.15) is 0 Å². The molecule has 1 atom stereocenters. The summed E-state index contributed by atoms with van der Waals surface area (Å²) in [6.45, 7) is 6.61. The van der Waals surface area contributed by atoms with Crippen molar-refractivity contribution in [2.75, 3.05) is 26.2 Å². The van der Waals surface area contributed by atoms with Gasteiger partial charge in [-0.1, -0.05) is 6.07 Å². The summed E-state index contributed by atoms with van der Waals surface area (Å²) in [5.41, 5.74) is 1.05. The van der Waals surface area contributed by atoms with E-state index in [1.54, 1.807) is 0 Å². The lowest BCUT2D eigenvalue weighted by Gasteiger charge is -2.35. The Balaban J connectivity index is 1.36. The average molecular weight is 367 g/mol. The largest absolute Gasteiger partial charge is 0.341 e. The molecule has 6 nitrogen and oxygen atoms in total. The highest BCUT2D eigenvalue weighted by Crippen LogP contribution is 2.28. The van der Waals surface area contributed by atoms with Crippen molar-refractivity contribution < 1.29 is 4.79 Å². The van der Waals surface area contributed by atoms with Crippen LogP contribution in [0.5, 0.6) is 0 Å². The van der Waals surface area contributed by atoms with E-state index in [1.807, 2.05) is 36.8 Å². The van der Waals surface area contributed by atoms with Gasteiger partial charge in [0, 0.05) is 37.6 Å². The summed E-state index contributed by atoms with van der Waals surface area (Å²) in [4.78, 5) is 26.3. The Kier molecular flexibility index (Phi) is 5.53. The molecule has 0 aromatic carbocycles. The molecule has 1 amide bonds. The molecular formula is C21H29N5O. The highest BCUT2D eigenvalue weighted by atomic mass is 16.2. The summed E-state index contributed by atoms with van der Waals surface area (Å²) in [6, 6.07) is 6.03. The molecule has 144 valence electrons. The quantitative estimate of drug-likeness (QED) is 0.815. The maximum atomic E-state index is 12.8. The molecule has 4 rings (SSSR count). The number of rotatable bonds is 5. The van der Waals surface area contributed by atoms with Crippen molar-refractivity contribution in [3.63, 3.8) is 0 Å². The molecule has 0 unspecified atom stereocenters. The zero-order valence-electron chi connectivity index (χ0n) is 16.1. The lowest BCUT2D eigenvalue weighted by molar-refractivity contribution is -0.137. The standard InChI is InChI=1S/C21H29N5O/c1-17(24-11-4-5-12-24)21(27)25-13-7-18(8-14-25)20-23-10-15-26(20)16-19-6-2-3-9-22-19/h2-3,6,9-10,15,17-18H,4-5,7-8,11-14,16H2,1H3/t17-/m0/s1. The molecule has 2 aliphatic rings. The van der Waals surface area contributed by atoms with E-state index in [-0.39, 0.29) is 6.04 Å². The van der Waals surface area contributed by atoms with Gasteiger partial charge in [-0.25, -0.2) is 4.98 Å². The van der Waals surface area contributed by atoms with Gasteiger partial charge in [0.1, 0.15) is 5.82 Å². The van der Waals surface area contributed by atoms with Crippen LogP contribution in [-0.4, -0.2) is 62.5 Å². The first kappa shape index (κ1) is 18.2. The van der Waals surface area contributed by atoms with E-state index in [1.165, 1.54) is 12.8 Å². The number of nitrogens with zero attached hydrogens (tertiary/aromatic N) is 5. The molecule has 4 heterocycles. The molecule has 27 heavy (non-hydrogen) atoms. The fourth-order valence-electron chi connectivity index (χ4n) is 4.39. The number of likely N-dealkylation sites (tertiary alicyclic amines) is 2. The Morgan fingerprint density at radius 2 is 1.89 bits per heavy atom. The number of carbonyl (C=O) groups is 1. The summed E-state index contributed by atoms with van der Waals surface area (Å²) in [6.07, 6.45) is 10.2. The van der Waals surface area contributed by atoms with Gasteiger partial charge in [0.2, 0.25) is 5.91 Å². The van der Waals surface area contributed by atoms with E-state index in [9.17, 15) is 4.79 Å². The topological polar surface area (TPSA) is 54.3 Å². The van der Waals surface area contributed by atoms with Gasteiger partial charge >= 0.3 is 0 Å². The summed E-state index contributed by atoms with van der Waals surface area (Å²) >= 11 is 0. The summed E-state index contributed by atoms with van der Waals surface area (Å²) in [5.74, 6) is 1.84. The van der Waals surface area contributed by atoms with Crippen LogP contribution in [0.2, 0.25) is 0 Å². The van der Waals surface area contributed by atoms with Crippen molar-refractivity contribution >= 4 is 5.91 Å². The smallest absolute Gasteiger partial charge is 0.239 e. The second-order valence-corrected chi connectivity index (χ2v) is 7.75. The van der Waals surface area contributed by atoms with Crippen LogP contribution in [-0.2, 0) is 11.3 Å². The van der Waals surface area contributed by atoms with E-state index in [2.05, 4.69) is 31.3 Å². The van der Waals surface area contributed by atoms with E-state index in [4.69, 9.17) is 0 Å². The van der Waals surface area contributed by atoms with E-state index in [0.29, 0.717) is 11.8 Å². The highest BCUT2D eigenvalue weighted by Gasteiger charge is 2.31. The fourth-order valence-corrected chi connectivity index (χ4v) is 4.39. The number of hydrogen-bond donors (Lipinski definition) is 0. The van der Waals surface area contributed by atoms with Crippen molar-refractivity contribution in [1.29, 1.82) is 0 Å². The monoisotopic (exact) mass is 367 g/mol. The molecule has 0 aliphatic carbocycles. The summed E-state index contributed by atoms with van der Waals surface area (Å²) in [7, 11) is 0. The molecule has 0 bridgehead atoms. The van der Waals surface area contributed by atoms with Gasteiger partial charge in [-0.05, 0) is 57.8 Å². The Morgan fingerprint density at radius 3 is 2.59 bits per heavy atom. The normalized spacial score (nSPS) is 20.1. The van der Waals surface area contributed by atoms with E-state index >= 15 is 0 Å². The van der Waals surface area contributed by atoms with Crippen molar-refractivity contribution in [3.8, 4) is 0 Å². The summed E-state index contributed by atoms with van der Waals surface area (Å²) in [5, 5.41) is 0. The third kappa shape index (κ3) is 4.05. The zero-order valence-corrected chi connectivity index (χ0v) is 16.1. The minimum atomic E-state index is 0.0233. The lowest BCUT2D eigenvalue weighted by Crippen LogP contribution is -2.48. The van der Waals surface area contributed by atoms with Crippen LogP contribution in [0.1, 0.15) is 50.0 Å².